The van der Waals surface area contributed by atoms with Crippen molar-refractivity contribution in [3.8, 4) is 28.0 Å². The van der Waals surface area contributed by atoms with Crippen LogP contribution < -0.4 is 4.74 Å². The normalized spacial score (nSPS) is 20.2. The van der Waals surface area contributed by atoms with Gasteiger partial charge in [0.2, 0.25) is 5.82 Å². The first-order valence-electron chi connectivity index (χ1n) is 17.8. The molecule has 2 aliphatic rings. The standard InChI is InChI=1S/C42H51F3O/c1-3-5-7-8-10-28-46-40-27-26-38(41(44)42(40)45)35-22-18-33(19-23-35)36-24-25-37(39(43)29-36)34-20-16-32(17-21-34)31-14-12-30(13-15-31)11-9-6-4-2/h4,6,18-20,22-27,29-32H,3,5,7-17,21,28H2,1-2H3. The second kappa shape index (κ2) is 17.0. The van der Waals surface area contributed by atoms with Crippen molar-refractivity contribution >= 4 is 5.57 Å². The van der Waals surface area contributed by atoms with Crippen LogP contribution in [-0.2, 0) is 0 Å². The number of ether oxygens (including phenoxy) is 1. The van der Waals surface area contributed by atoms with E-state index in [2.05, 4.69) is 32.1 Å². The minimum atomic E-state index is -0.959. The molecule has 0 saturated heterocycles. The van der Waals surface area contributed by atoms with E-state index in [4.69, 9.17) is 4.74 Å². The molecule has 46 heavy (non-hydrogen) atoms. The molecule has 0 N–H and O–H groups in total. The number of benzene rings is 3. The molecule has 3 aromatic rings. The summed E-state index contributed by atoms with van der Waals surface area (Å²) in [5, 5.41) is 0. The quantitative estimate of drug-likeness (QED) is 0.127. The molecule has 1 fully saturated rings. The SMILES string of the molecule is CC=CCCC1CCC(C2CC=C(c3ccc(-c4ccc(-c5ccc(OCCCCCCC)c(F)c5F)cc4)cc3F)CC2)CC1. The van der Waals surface area contributed by atoms with Crippen LogP contribution >= 0.6 is 0 Å². The Morgan fingerprint density at radius 1 is 0.739 bits per heavy atom. The van der Waals surface area contributed by atoms with Crippen molar-refractivity contribution < 1.29 is 17.9 Å². The molecule has 1 saturated carbocycles. The predicted molar refractivity (Wildman–Crippen MR) is 186 cm³/mol. The molecule has 0 heterocycles. The smallest absolute Gasteiger partial charge is 0.201 e. The first-order valence-corrected chi connectivity index (χ1v) is 17.8. The average Bonchev–Trinajstić information content (AvgIpc) is 3.09. The zero-order valence-electron chi connectivity index (χ0n) is 27.8. The summed E-state index contributed by atoms with van der Waals surface area (Å²) in [6.45, 7) is 4.63. The fourth-order valence-corrected chi connectivity index (χ4v) is 7.53. The molecule has 2 aliphatic carbocycles. The number of halogens is 3. The molecule has 0 amide bonds. The molecule has 0 spiro atoms. The Balaban J connectivity index is 1.17. The van der Waals surface area contributed by atoms with Gasteiger partial charge in [-0.1, -0.05) is 100 Å². The second-order valence-corrected chi connectivity index (χ2v) is 13.5. The van der Waals surface area contributed by atoms with Crippen LogP contribution in [0.2, 0.25) is 0 Å². The van der Waals surface area contributed by atoms with Gasteiger partial charge in [0.15, 0.2) is 11.6 Å². The highest BCUT2D eigenvalue weighted by molar-refractivity contribution is 5.74. The van der Waals surface area contributed by atoms with Gasteiger partial charge in [-0.3, -0.25) is 0 Å². The van der Waals surface area contributed by atoms with Crippen LogP contribution in [0.1, 0.15) is 109 Å². The Hall–Kier alpha value is -3.27. The molecular weight excluding hydrogens is 577 g/mol. The van der Waals surface area contributed by atoms with Gasteiger partial charge < -0.3 is 4.74 Å². The average molecular weight is 629 g/mol. The first kappa shape index (κ1) is 34.1. The molecule has 0 aliphatic heterocycles. The Labute approximate surface area is 275 Å². The molecule has 0 radical (unpaired) electrons. The number of rotatable bonds is 14. The highest BCUT2D eigenvalue weighted by Gasteiger charge is 2.29. The summed E-state index contributed by atoms with van der Waals surface area (Å²) in [7, 11) is 0. The van der Waals surface area contributed by atoms with Crippen molar-refractivity contribution in [3.05, 3.63) is 95.8 Å². The van der Waals surface area contributed by atoms with Crippen molar-refractivity contribution in [2.24, 2.45) is 17.8 Å². The fraction of sp³-hybridized carbons (Fsp3) is 0.476. The molecule has 1 nitrogen and oxygen atoms in total. The molecule has 3 aromatic carbocycles. The van der Waals surface area contributed by atoms with Gasteiger partial charge in [0.25, 0.3) is 0 Å². The van der Waals surface area contributed by atoms with Gasteiger partial charge in [-0.2, -0.15) is 4.39 Å². The third kappa shape index (κ3) is 8.75. The summed E-state index contributed by atoms with van der Waals surface area (Å²) in [4.78, 5) is 0. The van der Waals surface area contributed by atoms with Gasteiger partial charge in [0, 0.05) is 11.1 Å². The molecule has 4 heteroatoms. The topological polar surface area (TPSA) is 9.23 Å². The number of hydrogen-bond acceptors (Lipinski definition) is 1. The van der Waals surface area contributed by atoms with Crippen molar-refractivity contribution in [3.63, 3.8) is 0 Å². The third-order valence-electron chi connectivity index (χ3n) is 10.4. The zero-order chi connectivity index (χ0) is 32.3. The van der Waals surface area contributed by atoms with Crippen molar-refractivity contribution in [1.82, 2.24) is 0 Å². The fourth-order valence-electron chi connectivity index (χ4n) is 7.53. The predicted octanol–water partition coefficient (Wildman–Crippen LogP) is 13.1. The van der Waals surface area contributed by atoms with Crippen LogP contribution in [0, 0.1) is 35.2 Å². The van der Waals surface area contributed by atoms with Gasteiger partial charge in [-0.05, 0) is 117 Å². The van der Waals surface area contributed by atoms with E-state index in [1.54, 1.807) is 24.3 Å². The summed E-state index contributed by atoms with van der Waals surface area (Å²) in [5.41, 5.74) is 4.16. The molecule has 5 rings (SSSR count). The molecule has 246 valence electrons. The van der Waals surface area contributed by atoms with Crippen LogP contribution in [0.4, 0.5) is 13.2 Å². The van der Waals surface area contributed by atoms with Crippen molar-refractivity contribution in [2.45, 2.75) is 104 Å². The van der Waals surface area contributed by atoms with Crippen LogP contribution in [0.25, 0.3) is 27.8 Å². The minimum absolute atomic E-state index is 0.0501. The Morgan fingerprint density at radius 3 is 2.15 bits per heavy atom. The third-order valence-corrected chi connectivity index (χ3v) is 10.4. The van der Waals surface area contributed by atoms with E-state index < -0.39 is 11.6 Å². The summed E-state index contributed by atoms with van der Waals surface area (Å²) in [6.07, 6.45) is 23.1. The summed E-state index contributed by atoms with van der Waals surface area (Å²) >= 11 is 0. The maximum absolute atomic E-state index is 15.4. The second-order valence-electron chi connectivity index (χ2n) is 13.5. The van der Waals surface area contributed by atoms with Crippen molar-refractivity contribution in [1.29, 1.82) is 0 Å². The highest BCUT2D eigenvalue weighted by atomic mass is 19.2. The molecule has 1 atom stereocenters. The van der Waals surface area contributed by atoms with E-state index in [0.717, 1.165) is 79.4 Å². The van der Waals surface area contributed by atoms with E-state index in [9.17, 15) is 4.39 Å². The maximum atomic E-state index is 15.4. The largest absolute Gasteiger partial charge is 0.490 e. The summed E-state index contributed by atoms with van der Waals surface area (Å²) in [6, 6.07) is 15.7. The van der Waals surface area contributed by atoms with Crippen molar-refractivity contribution in [2.75, 3.05) is 6.61 Å². The van der Waals surface area contributed by atoms with E-state index in [-0.39, 0.29) is 17.1 Å². The van der Waals surface area contributed by atoms with Crippen LogP contribution in [0.3, 0.4) is 0 Å². The number of hydrogen-bond donors (Lipinski definition) is 0. The highest BCUT2D eigenvalue weighted by Crippen LogP contribution is 2.43. The lowest BCUT2D eigenvalue weighted by molar-refractivity contribution is 0.190. The Bertz CT molecular complexity index is 1460. The first-order chi connectivity index (χ1) is 22.5. The van der Waals surface area contributed by atoms with E-state index in [1.165, 1.54) is 51.0 Å². The molecule has 1 unspecified atom stereocenters. The Kier molecular flexibility index (Phi) is 12.6. The maximum Gasteiger partial charge on any atom is 0.201 e. The lowest BCUT2D eigenvalue weighted by Crippen LogP contribution is -2.23. The van der Waals surface area contributed by atoms with Gasteiger partial charge in [-0.15, -0.1) is 0 Å². The van der Waals surface area contributed by atoms with Gasteiger partial charge in [0.05, 0.1) is 6.61 Å². The lowest BCUT2D eigenvalue weighted by atomic mass is 9.70. The number of allylic oxidation sites excluding steroid dienone is 4. The molecular formula is C42H51F3O. The van der Waals surface area contributed by atoms with E-state index in [0.29, 0.717) is 17.7 Å². The summed E-state index contributed by atoms with van der Waals surface area (Å²) < 4.78 is 50.8. The van der Waals surface area contributed by atoms with Crippen LogP contribution in [0.15, 0.2) is 72.8 Å². The van der Waals surface area contributed by atoms with Gasteiger partial charge >= 0.3 is 0 Å². The minimum Gasteiger partial charge on any atom is -0.490 e. The van der Waals surface area contributed by atoms with Crippen LogP contribution in [0.5, 0.6) is 5.75 Å². The zero-order valence-corrected chi connectivity index (χ0v) is 27.8. The van der Waals surface area contributed by atoms with E-state index in [1.807, 2.05) is 24.3 Å². The van der Waals surface area contributed by atoms with Gasteiger partial charge in [-0.25, -0.2) is 8.78 Å². The monoisotopic (exact) mass is 628 g/mol. The molecule has 0 bridgehead atoms. The lowest BCUT2D eigenvalue weighted by Gasteiger charge is -2.35. The Morgan fingerprint density at radius 2 is 1.46 bits per heavy atom. The number of unbranched alkanes of at least 4 members (excludes halogenated alkanes) is 4. The van der Waals surface area contributed by atoms with Crippen LogP contribution in [-0.4, -0.2) is 6.61 Å². The van der Waals surface area contributed by atoms with E-state index >= 15 is 8.78 Å². The summed E-state index contributed by atoms with van der Waals surface area (Å²) in [5.74, 6) is 0.293. The molecule has 0 aromatic heterocycles. The van der Waals surface area contributed by atoms with Gasteiger partial charge in [0.1, 0.15) is 5.82 Å².